The average molecular weight is 474 g/mol. The second-order valence-electron chi connectivity index (χ2n) is 8.68. The van der Waals surface area contributed by atoms with Crippen molar-refractivity contribution in [3.63, 3.8) is 0 Å². The zero-order valence-electron chi connectivity index (χ0n) is 18.9. The Kier molecular flexibility index (Phi) is 6.76. The third kappa shape index (κ3) is 5.22. The molecular weight excluding hydrogens is 446 g/mol. The van der Waals surface area contributed by atoms with Crippen molar-refractivity contribution in [1.29, 1.82) is 0 Å². The van der Waals surface area contributed by atoms with Gasteiger partial charge in [0, 0.05) is 35.9 Å². The summed E-state index contributed by atoms with van der Waals surface area (Å²) in [5.74, 6) is -0.0834. The summed E-state index contributed by atoms with van der Waals surface area (Å²) in [5, 5.41) is 15.8. The van der Waals surface area contributed by atoms with Crippen LogP contribution in [0.1, 0.15) is 59.1 Å². The predicted molar refractivity (Wildman–Crippen MR) is 133 cm³/mol. The Morgan fingerprint density at radius 1 is 1.03 bits per heavy atom. The number of rotatable bonds is 9. The zero-order chi connectivity index (χ0) is 23.3. The topological polar surface area (TPSA) is 101 Å². The molecular formula is C26H27N5O2S. The number of fused-ring (bicyclic) bond motifs is 2. The summed E-state index contributed by atoms with van der Waals surface area (Å²) >= 11 is 1.54. The molecule has 7 nitrogen and oxygen atoms in total. The van der Waals surface area contributed by atoms with Gasteiger partial charge in [-0.25, -0.2) is 9.97 Å². The molecule has 1 aromatic carbocycles. The molecule has 1 atom stereocenters. The second kappa shape index (κ2) is 10.3. The summed E-state index contributed by atoms with van der Waals surface area (Å²) in [6, 6.07) is 10.1. The van der Waals surface area contributed by atoms with Gasteiger partial charge in [0.15, 0.2) is 0 Å². The molecule has 0 bridgehead atoms. The molecule has 1 aliphatic heterocycles. The number of unbranched alkanes of at least 4 members (excludes halogenated alkanes) is 1. The normalized spacial score (nSPS) is 13.9. The van der Waals surface area contributed by atoms with Crippen molar-refractivity contribution >= 4 is 34.2 Å². The van der Waals surface area contributed by atoms with Crippen LogP contribution in [-0.2, 0) is 24.1 Å². The van der Waals surface area contributed by atoms with Gasteiger partial charge in [0.2, 0.25) is 0 Å². The lowest BCUT2D eigenvalue weighted by molar-refractivity contribution is -0.137. The number of hydrogen-bond donors (Lipinski definition) is 2. The number of carboxylic acid groups (broad SMARTS) is 1. The molecule has 0 fully saturated rings. The van der Waals surface area contributed by atoms with Gasteiger partial charge in [-0.05, 0) is 67.9 Å². The van der Waals surface area contributed by atoms with E-state index in [1.54, 1.807) is 12.4 Å². The molecule has 34 heavy (non-hydrogen) atoms. The molecule has 0 saturated carbocycles. The van der Waals surface area contributed by atoms with Gasteiger partial charge in [0.05, 0.1) is 23.1 Å². The molecule has 5 rings (SSSR count). The van der Waals surface area contributed by atoms with Gasteiger partial charge in [-0.2, -0.15) is 0 Å². The van der Waals surface area contributed by atoms with Crippen LogP contribution in [0.15, 0.2) is 48.1 Å². The van der Waals surface area contributed by atoms with E-state index in [0.717, 1.165) is 77.5 Å². The van der Waals surface area contributed by atoms with Gasteiger partial charge in [-0.15, -0.1) is 11.3 Å². The fourth-order valence-electron chi connectivity index (χ4n) is 4.44. The van der Waals surface area contributed by atoms with E-state index in [1.807, 2.05) is 18.2 Å². The van der Waals surface area contributed by atoms with Crippen LogP contribution in [0, 0.1) is 0 Å². The maximum atomic E-state index is 11.6. The van der Waals surface area contributed by atoms with E-state index in [0.29, 0.717) is 0 Å². The largest absolute Gasteiger partial charge is 0.481 e. The fourth-order valence-corrected chi connectivity index (χ4v) is 5.42. The summed E-state index contributed by atoms with van der Waals surface area (Å²) in [6.45, 7) is 1.01. The summed E-state index contributed by atoms with van der Waals surface area (Å²) in [6.07, 6.45) is 9.47. The Bertz CT molecular complexity index is 1310. The minimum atomic E-state index is -0.840. The molecule has 0 amide bonds. The van der Waals surface area contributed by atoms with Gasteiger partial charge in [-0.3, -0.25) is 14.8 Å². The second-order valence-corrected chi connectivity index (χ2v) is 9.57. The standard InChI is InChI=1S/C26H27N5O2S/c32-24(33)15-21(18-8-10-22-23(14-18)28-13-12-27-22)26-31-20(16-34-26)6-2-1-5-19-9-7-17-4-3-11-29-25(17)30-19/h7-10,12-14,16,21H,1-6,11,15H2,(H,29,30)(H,32,33). The number of aryl methyl sites for hydroxylation is 3. The zero-order valence-corrected chi connectivity index (χ0v) is 19.7. The van der Waals surface area contributed by atoms with Crippen LogP contribution < -0.4 is 5.32 Å². The van der Waals surface area contributed by atoms with E-state index >= 15 is 0 Å². The van der Waals surface area contributed by atoms with Gasteiger partial charge in [0.25, 0.3) is 0 Å². The van der Waals surface area contributed by atoms with E-state index in [-0.39, 0.29) is 12.3 Å². The number of nitrogens with zero attached hydrogens (tertiary/aromatic N) is 4. The van der Waals surface area contributed by atoms with Crippen molar-refractivity contribution < 1.29 is 9.90 Å². The number of carbonyl (C=O) groups is 1. The van der Waals surface area contributed by atoms with Gasteiger partial charge < -0.3 is 10.4 Å². The molecule has 0 spiro atoms. The number of benzene rings is 1. The lowest BCUT2D eigenvalue weighted by Gasteiger charge is -2.17. The first-order chi connectivity index (χ1) is 16.7. The fraction of sp³-hybridized carbons (Fsp3) is 0.346. The molecule has 0 aliphatic carbocycles. The summed E-state index contributed by atoms with van der Waals surface area (Å²) < 4.78 is 0. The summed E-state index contributed by atoms with van der Waals surface area (Å²) in [5.41, 5.74) is 5.94. The smallest absolute Gasteiger partial charge is 0.304 e. The number of nitrogens with one attached hydrogen (secondary N) is 1. The Labute approximate surface area is 202 Å². The molecule has 0 radical (unpaired) electrons. The highest BCUT2D eigenvalue weighted by molar-refractivity contribution is 7.09. The summed E-state index contributed by atoms with van der Waals surface area (Å²) in [4.78, 5) is 29.9. The van der Waals surface area contributed by atoms with Crippen molar-refractivity contribution in [3.8, 4) is 0 Å². The van der Waals surface area contributed by atoms with Gasteiger partial charge >= 0.3 is 5.97 Å². The van der Waals surface area contributed by atoms with Crippen LogP contribution in [0.3, 0.4) is 0 Å². The molecule has 3 aromatic heterocycles. The average Bonchev–Trinajstić information content (AvgIpc) is 3.33. The van der Waals surface area contributed by atoms with Crippen molar-refractivity contribution in [2.75, 3.05) is 11.9 Å². The van der Waals surface area contributed by atoms with Crippen LogP contribution in [-0.4, -0.2) is 37.6 Å². The highest BCUT2D eigenvalue weighted by Crippen LogP contribution is 2.32. The number of carboxylic acids is 1. The van der Waals surface area contributed by atoms with Crippen LogP contribution >= 0.6 is 11.3 Å². The Morgan fingerprint density at radius 3 is 2.71 bits per heavy atom. The van der Waals surface area contributed by atoms with Crippen molar-refractivity contribution in [3.05, 3.63) is 75.6 Å². The summed E-state index contributed by atoms with van der Waals surface area (Å²) in [7, 11) is 0. The minimum Gasteiger partial charge on any atom is -0.481 e. The van der Waals surface area contributed by atoms with Crippen molar-refractivity contribution in [1.82, 2.24) is 19.9 Å². The number of anilines is 1. The van der Waals surface area contributed by atoms with E-state index in [1.165, 1.54) is 23.3 Å². The number of aliphatic carboxylic acids is 1. The van der Waals surface area contributed by atoms with Gasteiger partial charge in [0.1, 0.15) is 10.8 Å². The van der Waals surface area contributed by atoms with E-state index in [9.17, 15) is 9.90 Å². The first-order valence-corrected chi connectivity index (χ1v) is 12.6. The van der Waals surface area contributed by atoms with Crippen molar-refractivity contribution in [2.24, 2.45) is 0 Å². The first-order valence-electron chi connectivity index (χ1n) is 11.7. The SMILES string of the molecule is O=C(O)CC(c1ccc2nccnc2c1)c1nc(CCCCc2ccc3c(n2)NCCC3)cs1. The highest BCUT2D eigenvalue weighted by Gasteiger charge is 2.22. The monoisotopic (exact) mass is 473 g/mol. The molecule has 1 unspecified atom stereocenters. The molecule has 8 heteroatoms. The van der Waals surface area contributed by atoms with Crippen LogP contribution in [0.25, 0.3) is 11.0 Å². The lowest BCUT2D eigenvalue weighted by atomic mass is 9.95. The number of hydrogen-bond acceptors (Lipinski definition) is 7. The maximum absolute atomic E-state index is 11.6. The third-order valence-corrected chi connectivity index (χ3v) is 7.22. The lowest BCUT2D eigenvalue weighted by Crippen LogP contribution is -2.14. The van der Waals surface area contributed by atoms with Crippen LogP contribution in [0.4, 0.5) is 5.82 Å². The third-order valence-electron chi connectivity index (χ3n) is 6.21. The Hall–Kier alpha value is -3.39. The van der Waals surface area contributed by atoms with E-state index in [2.05, 4.69) is 32.8 Å². The molecule has 4 aromatic rings. The maximum Gasteiger partial charge on any atom is 0.304 e. The van der Waals surface area contributed by atoms with E-state index in [4.69, 9.17) is 9.97 Å². The number of pyridine rings is 1. The van der Waals surface area contributed by atoms with Crippen molar-refractivity contribution in [2.45, 2.75) is 50.9 Å². The molecule has 174 valence electrons. The van der Waals surface area contributed by atoms with Crippen LogP contribution in [0.5, 0.6) is 0 Å². The Balaban J connectivity index is 1.22. The molecule has 4 heterocycles. The quantitative estimate of drug-likeness (QED) is 0.330. The molecule has 1 aliphatic rings. The van der Waals surface area contributed by atoms with Crippen LogP contribution in [0.2, 0.25) is 0 Å². The van der Waals surface area contributed by atoms with E-state index < -0.39 is 5.97 Å². The highest BCUT2D eigenvalue weighted by atomic mass is 32.1. The number of aromatic nitrogens is 4. The predicted octanol–water partition coefficient (Wildman–Crippen LogP) is 5.01. The molecule has 2 N–H and O–H groups in total. The van der Waals surface area contributed by atoms with Gasteiger partial charge in [-0.1, -0.05) is 12.1 Å². The first kappa shape index (κ1) is 22.4. The minimum absolute atomic E-state index is 0.00322. The molecule has 0 saturated heterocycles. The number of thiazole rings is 1. The Morgan fingerprint density at radius 2 is 1.85 bits per heavy atom.